The zero-order chi connectivity index (χ0) is 28.0. The van der Waals surface area contributed by atoms with Crippen molar-refractivity contribution < 1.29 is 13.8 Å². The number of rotatable bonds is 8. The average Bonchev–Trinajstić information content (AvgIpc) is 3.64. The van der Waals surface area contributed by atoms with E-state index in [0.717, 1.165) is 12.0 Å². The Hall–Kier alpha value is -3.87. The van der Waals surface area contributed by atoms with E-state index in [2.05, 4.69) is 56.6 Å². The van der Waals surface area contributed by atoms with Crippen LogP contribution in [0.25, 0.3) is 22.2 Å². The number of nitrogens with one attached hydrogen (secondary N) is 1. The molecule has 0 bridgehead atoms. The molecule has 12 heteroatoms. The first-order valence-corrected chi connectivity index (χ1v) is 15.0. The number of aryl methyl sites for hydroxylation is 1. The van der Waals surface area contributed by atoms with Crippen molar-refractivity contribution in [1.82, 2.24) is 39.4 Å². The average molecular weight is 561 g/mol. The van der Waals surface area contributed by atoms with Gasteiger partial charge < -0.3 is 9.57 Å². The van der Waals surface area contributed by atoms with Gasteiger partial charge in [-0.25, -0.2) is 18.9 Å². The van der Waals surface area contributed by atoms with E-state index in [4.69, 9.17) is 9.57 Å². The Labute approximate surface area is 232 Å². The molecular weight excluding hydrogens is 528 g/mol. The molecule has 0 spiro atoms. The first kappa shape index (κ1) is 26.4. The van der Waals surface area contributed by atoms with Gasteiger partial charge in [-0.2, -0.15) is 4.98 Å². The van der Waals surface area contributed by atoms with Crippen LogP contribution < -0.4 is 9.56 Å². The van der Waals surface area contributed by atoms with Crippen LogP contribution in [0.2, 0.25) is 0 Å². The lowest BCUT2D eigenvalue weighted by atomic mass is 9.91. The third kappa shape index (κ3) is 4.72. The lowest BCUT2D eigenvalue weighted by Crippen LogP contribution is -2.23. The highest BCUT2D eigenvalue weighted by molar-refractivity contribution is 7.98. The molecule has 3 aromatic heterocycles. The highest BCUT2D eigenvalue weighted by Gasteiger charge is 2.40. The topological polar surface area (TPSA) is 122 Å². The summed E-state index contributed by atoms with van der Waals surface area (Å²) in [6, 6.07) is 13.2. The number of fused-ring (bicyclic) bond motifs is 2. The van der Waals surface area contributed by atoms with E-state index in [9.17, 15) is 4.21 Å². The first-order valence-electron chi connectivity index (χ1n) is 13.3. The lowest BCUT2D eigenvalue weighted by Gasteiger charge is -2.18. The Morgan fingerprint density at radius 3 is 2.65 bits per heavy atom. The van der Waals surface area contributed by atoms with E-state index in [0.29, 0.717) is 39.6 Å². The molecule has 0 saturated carbocycles. The number of hydrogen-bond acceptors (Lipinski definition) is 8. The predicted octanol–water partition coefficient (Wildman–Crippen LogP) is 4.08. The second-order valence-corrected chi connectivity index (χ2v) is 12.5. The summed E-state index contributed by atoms with van der Waals surface area (Å²) < 4.78 is 24.9. The number of benzene rings is 2. The maximum absolute atomic E-state index is 13.5. The van der Waals surface area contributed by atoms with Crippen LogP contribution in [0.1, 0.15) is 44.5 Å². The molecule has 1 N–H and O–H groups in total. The Bertz CT molecular complexity index is 1780. The van der Waals surface area contributed by atoms with Crippen molar-refractivity contribution in [2.75, 3.05) is 0 Å². The van der Waals surface area contributed by atoms with E-state index in [-0.39, 0.29) is 24.1 Å². The molecule has 0 amide bonds. The monoisotopic (exact) mass is 560 g/mol. The van der Waals surface area contributed by atoms with Crippen LogP contribution in [0.3, 0.4) is 0 Å². The van der Waals surface area contributed by atoms with Crippen LogP contribution in [0.15, 0.2) is 60.0 Å². The van der Waals surface area contributed by atoms with Gasteiger partial charge in [0.2, 0.25) is 0 Å². The molecule has 1 saturated heterocycles. The summed E-state index contributed by atoms with van der Waals surface area (Å²) in [4.78, 5) is 21.2. The molecule has 2 aromatic carbocycles. The summed E-state index contributed by atoms with van der Waals surface area (Å²) in [6.07, 6.45) is 4.09. The molecule has 6 rings (SSSR count). The number of imidazole rings is 1. The molecule has 5 aromatic rings. The largest absolute Gasteiger partial charge is 0.354 e. The quantitative estimate of drug-likeness (QED) is 0.282. The Morgan fingerprint density at radius 2 is 1.90 bits per heavy atom. The molecule has 5 atom stereocenters. The summed E-state index contributed by atoms with van der Waals surface area (Å²) in [6.45, 7) is 8.98. The van der Waals surface area contributed by atoms with Gasteiger partial charge in [0.15, 0.2) is 11.2 Å². The molecule has 0 radical (unpaired) electrons. The Balaban J connectivity index is 1.27. The summed E-state index contributed by atoms with van der Waals surface area (Å²) in [5, 5.41) is 8.33. The van der Waals surface area contributed by atoms with Crippen molar-refractivity contribution >= 4 is 37.8 Å². The fourth-order valence-corrected chi connectivity index (χ4v) is 6.27. The molecular formula is C28H32N8O3S. The van der Waals surface area contributed by atoms with Gasteiger partial charge >= 0.3 is 0 Å². The number of nitrogens with zero attached hydrogens (tertiary/aromatic N) is 7. The summed E-state index contributed by atoms with van der Waals surface area (Å²) in [5.41, 5.74) is 4.36. The fraction of sp³-hybridized carbons (Fsp3) is 0.357. The van der Waals surface area contributed by atoms with Crippen LogP contribution in [0.5, 0.6) is 5.88 Å². The number of ether oxygens (including phenoxy) is 1. The summed E-state index contributed by atoms with van der Waals surface area (Å²) in [7, 11) is -2.81. The van der Waals surface area contributed by atoms with Gasteiger partial charge in [-0.3, -0.25) is 4.57 Å². The van der Waals surface area contributed by atoms with Crippen molar-refractivity contribution in [2.45, 2.75) is 57.9 Å². The van der Waals surface area contributed by atoms with Crippen LogP contribution in [0.4, 0.5) is 0 Å². The van der Waals surface area contributed by atoms with Gasteiger partial charge in [-0.05, 0) is 54.1 Å². The van der Waals surface area contributed by atoms with Crippen molar-refractivity contribution in [3.63, 3.8) is 0 Å². The van der Waals surface area contributed by atoms with Gasteiger partial charge in [-0.1, -0.05) is 55.4 Å². The standard InChI is InChI=1S/C28H32N8O3S/c1-6-24-18(3)19(4)28(38-24)35-16-31-25-26(35)29-15-30-27(25)39-36-23-13-21(11-12-22(23)33-34-36)40(5,37)32-14-20-9-7-17(2)8-10-20/h7-13,15-16,18-19,24,28H,5-6,14H2,1-4H3,(H,32,37)/t18?,19-,24+,28+,40?/m0/s1. The molecule has 208 valence electrons. The van der Waals surface area contributed by atoms with Crippen LogP contribution in [-0.4, -0.2) is 50.9 Å². The molecule has 0 aliphatic carbocycles. The zero-order valence-corrected chi connectivity index (χ0v) is 23.7. The molecule has 1 fully saturated rings. The van der Waals surface area contributed by atoms with E-state index in [1.54, 1.807) is 24.5 Å². The van der Waals surface area contributed by atoms with Gasteiger partial charge in [0.05, 0.1) is 22.1 Å². The van der Waals surface area contributed by atoms with E-state index >= 15 is 0 Å². The Kier molecular flexibility index (Phi) is 6.77. The lowest BCUT2D eigenvalue weighted by molar-refractivity contribution is -0.0120. The molecule has 4 heterocycles. The maximum atomic E-state index is 13.5. The van der Waals surface area contributed by atoms with Crippen molar-refractivity contribution in [1.29, 1.82) is 0 Å². The van der Waals surface area contributed by atoms with Crippen LogP contribution in [-0.2, 0) is 21.0 Å². The normalized spacial score (nSPS) is 22.6. The minimum atomic E-state index is -2.81. The van der Waals surface area contributed by atoms with E-state index in [1.807, 2.05) is 35.8 Å². The number of hydrogen-bond donors (Lipinski definition) is 1. The molecule has 1 aliphatic rings. The molecule has 2 unspecified atom stereocenters. The van der Waals surface area contributed by atoms with Crippen LogP contribution in [0, 0.1) is 18.8 Å². The second kappa shape index (κ2) is 10.3. The summed E-state index contributed by atoms with van der Waals surface area (Å²) >= 11 is 0. The van der Waals surface area contributed by atoms with Crippen molar-refractivity contribution in [3.05, 3.63) is 66.2 Å². The minimum absolute atomic E-state index is 0.180. The van der Waals surface area contributed by atoms with E-state index in [1.165, 1.54) is 16.7 Å². The summed E-state index contributed by atoms with van der Waals surface area (Å²) in [5.74, 6) is 4.89. The van der Waals surface area contributed by atoms with Crippen LogP contribution >= 0.6 is 0 Å². The second-order valence-electron chi connectivity index (χ2n) is 10.4. The highest BCUT2D eigenvalue weighted by atomic mass is 32.2. The molecule has 1 aliphatic heterocycles. The Morgan fingerprint density at radius 1 is 1.10 bits per heavy atom. The van der Waals surface area contributed by atoms with E-state index < -0.39 is 9.71 Å². The van der Waals surface area contributed by atoms with Gasteiger partial charge in [0.25, 0.3) is 5.88 Å². The van der Waals surface area contributed by atoms with Gasteiger partial charge in [0, 0.05) is 17.4 Å². The first-order chi connectivity index (χ1) is 19.2. The molecule has 40 heavy (non-hydrogen) atoms. The third-order valence-electron chi connectivity index (χ3n) is 7.75. The predicted molar refractivity (Wildman–Crippen MR) is 153 cm³/mol. The van der Waals surface area contributed by atoms with Gasteiger partial charge in [0.1, 0.15) is 23.6 Å². The fourth-order valence-electron chi connectivity index (χ4n) is 5.12. The maximum Gasteiger partial charge on any atom is 0.280 e. The third-order valence-corrected chi connectivity index (χ3v) is 9.38. The van der Waals surface area contributed by atoms with Crippen molar-refractivity contribution in [3.8, 4) is 5.88 Å². The van der Waals surface area contributed by atoms with Crippen molar-refractivity contribution in [2.24, 2.45) is 11.8 Å². The smallest absolute Gasteiger partial charge is 0.280 e. The minimum Gasteiger partial charge on any atom is -0.354 e. The SMILES string of the molecule is C=S(=O)(NCc1ccc(C)cc1)c1ccc2nnn(Oc3ncnc4c3ncn4[C@@H]3O[C@H](CC)C(C)[C@@H]3C)c2c1. The zero-order valence-electron chi connectivity index (χ0n) is 22.9. The molecule has 11 nitrogen and oxygen atoms in total. The highest BCUT2D eigenvalue weighted by Crippen LogP contribution is 2.41. The van der Waals surface area contributed by atoms with Gasteiger partial charge in [-0.15, -0.1) is 5.10 Å². The number of aromatic nitrogens is 7.